The Bertz CT molecular complexity index is 822. The van der Waals surface area contributed by atoms with Crippen LogP contribution in [-0.4, -0.2) is 45.7 Å². The topological polar surface area (TPSA) is 50.8 Å². The quantitative estimate of drug-likeness (QED) is 0.413. The number of rotatable bonds is 12. The molecule has 30 heavy (non-hydrogen) atoms. The number of benzene rings is 2. The zero-order valence-electron chi connectivity index (χ0n) is 18.3. The molecule has 0 atom stereocenters. The zero-order valence-corrected chi connectivity index (χ0v) is 18.3. The van der Waals surface area contributed by atoms with Gasteiger partial charge in [-0.05, 0) is 75.0 Å². The molecule has 0 saturated carbocycles. The van der Waals surface area contributed by atoms with Crippen molar-refractivity contribution in [1.29, 1.82) is 0 Å². The number of ether oxygens (including phenoxy) is 2. The van der Waals surface area contributed by atoms with Crippen molar-refractivity contribution in [3.8, 4) is 11.5 Å². The molecular weight excluding hydrogens is 376 g/mol. The summed E-state index contributed by atoms with van der Waals surface area (Å²) < 4.78 is 11.4. The summed E-state index contributed by atoms with van der Waals surface area (Å²) in [4.78, 5) is 14.8. The third kappa shape index (κ3) is 6.23. The molecule has 0 radical (unpaired) electrons. The molecule has 0 spiro atoms. The molecule has 1 heterocycles. The Balaban J connectivity index is 1.30. The number of para-hydroxylation sites is 2. The highest BCUT2D eigenvalue weighted by Gasteiger charge is 2.15. The van der Waals surface area contributed by atoms with E-state index in [-0.39, 0.29) is 5.78 Å². The number of nitrogens with zero attached hydrogens (tertiary/aromatic N) is 1. The standard InChI is InChI=1S/C25H34N2O3/c1-3-29-24-11-4-5-12-25(24)30-18-16-26-15-7-6-10-23(28)21-13-14-22-20(19-21)9-8-17-27(22)2/h4-5,11-14,19,26H,3,6-10,15-18H2,1-2H3. The van der Waals surface area contributed by atoms with Crippen LogP contribution >= 0.6 is 0 Å². The van der Waals surface area contributed by atoms with Crippen molar-refractivity contribution in [3.63, 3.8) is 0 Å². The second kappa shape index (κ2) is 11.6. The molecule has 0 aromatic heterocycles. The van der Waals surface area contributed by atoms with Crippen LogP contribution in [0.1, 0.15) is 48.5 Å². The SMILES string of the molecule is CCOc1ccccc1OCCNCCCCC(=O)c1ccc2c(c1)CCCN2C. The first kappa shape index (κ1) is 22.2. The summed E-state index contributed by atoms with van der Waals surface area (Å²) in [6, 6.07) is 13.9. The van der Waals surface area contributed by atoms with Crippen molar-refractivity contribution < 1.29 is 14.3 Å². The number of hydrogen-bond donors (Lipinski definition) is 1. The smallest absolute Gasteiger partial charge is 0.162 e. The minimum Gasteiger partial charge on any atom is -0.490 e. The Kier molecular flexibility index (Phi) is 8.57. The lowest BCUT2D eigenvalue weighted by molar-refractivity contribution is 0.0979. The van der Waals surface area contributed by atoms with Crippen molar-refractivity contribution in [2.45, 2.75) is 39.0 Å². The Morgan fingerprint density at radius 1 is 1.07 bits per heavy atom. The minimum absolute atomic E-state index is 0.252. The second-order valence-corrected chi connectivity index (χ2v) is 7.73. The third-order valence-corrected chi connectivity index (χ3v) is 5.45. The maximum absolute atomic E-state index is 12.5. The van der Waals surface area contributed by atoms with E-state index in [0.717, 1.165) is 62.4 Å². The number of fused-ring (bicyclic) bond motifs is 1. The number of ketones is 1. The molecule has 3 rings (SSSR count). The molecule has 0 unspecified atom stereocenters. The molecule has 0 amide bonds. The maximum atomic E-state index is 12.5. The molecule has 0 fully saturated rings. The fraction of sp³-hybridized carbons (Fsp3) is 0.480. The summed E-state index contributed by atoms with van der Waals surface area (Å²) in [5, 5.41) is 3.38. The highest BCUT2D eigenvalue weighted by atomic mass is 16.5. The normalized spacial score (nSPS) is 13.1. The molecule has 0 saturated heterocycles. The molecule has 162 valence electrons. The van der Waals surface area contributed by atoms with Crippen molar-refractivity contribution in [1.82, 2.24) is 5.32 Å². The van der Waals surface area contributed by atoms with E-state index in [1.54, 1.807) is 0 Å². The summed E-state index contributed by atoms with van der Waals surface area (Å²) in [7, 11) is 2.12. The number of Topliss-reactive ketones (excluding diaryl/α,β-unsaturated/α-hetero) is 1. The van der Waals surface area contributed by atoms with Crippen LogP contribution in [0.25, 0.3) is 0 Å². The van der Waals surface area contributed by atoms with Gasteiger partial charge in [0.05, 0.1) is 6.61 Å². The summed E-state index contributed by atoms with van der Waals surface area (Å²) in [6.07, 6.45) is 4.72. The van der Waals surface area contributed by atoms with Crippen LogP contribution in [0.5, 0.6) is 11.5 Å². The lowest BCUT2D eigenvalue weighted by Crippen LogP contribution is -2.24. The van der Waals surface area contributed by atoms with Crippen molar-refractivity contribution >= 4 is 11.5 Å². The molecule has 1 N–H and O–H groups in total. The number of nitrogens with one attached hydrogen (secondary N) is 1. The lowest BCUT2D eigenvalue weighted by Gasteiger charge is -2.27. The first-order valence-corrected chi connectivity index (χ1v) is 11.1. The van der Waals surface area contributed by atoms with E-state index in [0.29, 0.717) is 19.6 Å². The minimum atomic E-state index is 0.252. The first-order chi connectivity index (χ1) is 14.7. The highest BCUT2D eigenvalue weighted by molar-refractivity contribution is 5.96. The van der Waals surface area contributed by atoms with E-state index < -0.39 is 0 Å². The first-order valence-electron chi connectivity index (χ1n) is 11.1. The summed E-state index contributed by atoms with van der Waals surface area (Å²) >= 11 is 0. The van der Waals surface area contributed by atoms with Crippen LogP contribution in [0, 0.1) is 0 Å². The molecule has 1 aliphatic rings. The van der Waals surface area contributed by atoms with E-state index in [1.165, 1.54) is 11.3 Å². The largest absolute Gasteiger partial charge is 0.490 e. The van der Waals surface area contributed by atoms with Crippen LogP contribution in [0.15, 0.2) is 42.5 Å². The van der Waals surface area contributed by atoms with E-state index in [1.807, 2.05) is 37.3 Å². The van der Waals surface area contributed by atoms with Crippen molar-refractivity contribution in [2.24, 2.45) is 0 Å². The summed E-state index contributed by atoms with van der Waals surface area (Å²) in [6.45, 7) is 5.93. The number of unbranched alkanes of at least 4 members (excludes halogenated alkanes) is 1. The van der Waals surface area contributed by atoms with Gasteiger partial charge in [0.2, 0.25) is 0 Å². The summed E-state index contributed by atoms with van der Waals surface area (Å²) in [5.41, 5.74) is 3.44. The maximum Gasteiger partial charge on any atom is 0.162 e. The molecule has 5 nitrogen and oxygen atoms in total. The highest BCUT2D eigenvalue weighted by Crippen LogP contribution is 2.27. The van der Waals surface area contributed by atoms with Crippen LogP contribution in [0.2, 0.25) is 0 Å². The van der Waals surface area contributed by atoms with Gasteiger partial charge in [0.15, 0.2) is 17.3 Å². The van der Waals surface area contributed by atoms with Crippen LogP contribution in [-0.2, 0) is 6.42 Å². The Morgan fingerprint density at radius 3 is 2.67 bits per heavy atom. The van der Waals surface area contributed by atoms with Crippen molar-refractivity contribution in [3.05, 3.63) is 53.6 Å². The van der Waals surface area contributed by atoms with Crippen molar-refractivity contribution in [2.75, 3.05) is 44.8 Å². The molecule has 1 aliphatic heterocycles. The van der Waals surface area contributed by atoms with Gasteiger partial charge in [0.1, 0.15) is 6.61 Å². The second-order valence-electron chi connectivity index (χ2n) is 7.73. The molecule has 2 aromatic carbocycles. The molecule has 2 aromatic rings. The van der Waals surface area contributed by atoms with Gasteiger partial charge in [-0.3, -0.25) is 4.79 Å². The van der Waals surface area contributed by atoms with E-state index in [2.05, 4.69) is 29.4 Å². The number of hydrogen-bond acceptors (Lipinski definition) is 5. The van der Waals surface area contributed by atoms with E-state index in [9.17, 15) is 4.79 Å². The average molecular weight is 411 g/mol. The number of carbonyl (C=O) groups is 1. The molecule has 5 heteroatoms. The van der Waals surface area contributed by atoms with Gasteiger partial charge < -0.3 is 19.7 Å². The monoisotopic (exact) mass is 410 g/mol. The average Bonchev–Trinajstić information content (AvgIpc) is 2.76. The van der Waals surface area contributed by atoms with Gasteiger partial charge in [-0.25, -0.2) is 0 Å². The van der Waals surface area contributed by atoms with Crippen LogP contribution in [0.4, 0.5) is 5.69 Å². The Morgan fingerprint density at radius 2 is 1.87 bits per heavy atom. The number of carbonyl (C=O) groups excluding carboxylic acids is 1. The number of aryl methyl sites for hydroxylation is 1. The van der Waals surface area contributed by atoms with Gasteiger partial charge in [-0.2, -0.15) is 0 Å². The van der Waals surface area contributed by atoms with Gasteiger partial charge >= 0.3 is 0 Å². The van der Waals surface area contributed by atoms with E-state index >= 15 is 0 Å². The number of anilines is 1. The van der Waals surface area contributed by atoms with Crippen LogP contribution < -0.4 is 19.7 Å². The van der Waals surface area contributed by atoms with Gasteiger partial charge in [0.25, 0.3) is 0 Å². The van der Waals surface area contributed by atoms with E-state index in [4.69, 9.17) is 9.47 Å². The molecule has 0 aliphatic carbocycles. The molecular formula is C25H34N2O3. The zero-order chi connectivity index (χ0) is 21.2. The predicted octanol–water partition coefficient (Wildman–Crippen LogP) is 4.49. The predicted molar refractivity (Wildman–Crippen MR) is 122 cm³/mol. The Hall–Kier alpha value is -2.53. The fourth-order valence-electron chi connectivity index (χ4n) is 3.84. The molecule has 0 bridgehead atoms. The van der Waals surface area contributed by atoms with Gasteiger partial charge in [-0.15, -0.1) is 0 Å². The van der Waals surface area contributed by atoms with Gasteiger partial charge in [-0.1, -0.05) is 12.1 Å². The lowest BCUT2D eigenvalue weighted by atomic mass is 9.96. The van der Waals surface area contributed by atoms with Gasteiger partial charge in [0, 0.05) is 37.8 Å². The summed E-state index contributed by atoms with van der Waals surface area (Å²) in [5.74, 6) is 1.82. The fourth-order valence-corrected chi connectivity index (χ4v) is 3.84. The third-order valence-electron chi connectivity index (χ3n) is 5.45. The van der Waals surface area contributed by atoms with Crippen LogP contribution in [0.3, 0.4) is 0 Å². The Labute approximate surface area is 180 Å².